The Bertz CT molecular complexity index is 882. The maximum atomic E-state index is 12.8. The number of carbonyl (C=O) groups excluding carboxylic acids is 2. The topological polar surface area (TPSA) is 61.8 Å². The maximum absolute atomic E-state index is 12.8. The summed E-state index contributed by atoms with van der Waals surface area (Å²) in [6.45, 7) is 7.83. The summed E-state index contributed by atoms with van der Waals surface area (Å²) in [6.07, 6.45) is 57.5. The minimum atomic E-state index is -0.530. The van der Waals surface area contributed by atoms with E-state index in [0.717, 1.165) is 44.9 Å². The van der Waals surface area contributed by atoms with Crippen LogP contribution in [0, 0.1) is 0 Å². The molecular formula is C53H100O5. The summed E-state index contributed by atoms with van der Waals surface area (Å²) < 4.78 is 17.4. The van der Waals surface area contributed by atoms with E-state index in [4.69, 9.17) is 14.2 Å². The van der Waals surface area contributed by atoms with Gasteiger partial charge in [0.05, 0.1) is 6.61 Å². The summed E-state index contributed by atoms with van der Waals surface area (Å²) in [4.78, 5) is 25.3. The predicted molar refractivity (Wildman–Crippen MR) is 252 cm³/mol. The van der Waals surface area contributed by atoms with Crippen molar-refractivity contribution >= 4 is 11.9 Å². The number of esters is 2. The number of rotatable bonds is 48. The van der Waals surface area contributed by atoms with Crippen molar-refractivity contribution < 1.29 is 23.8 Å². The van der Waals surface area contributed by atoms with Crippen molar-refractivity contribution in [3.05, 3.63) is 24.3 Å². The second-order valence-corrected chi connectivity index (χ2v) is 17.4. The molecule has 0 aromatic rings. The average molecular weight is 817 g/mol. The summed E-state index contributed by atoms with van der Waals surface area (Å²) >= 11 is 0. The van der Waals surface area contributed by atoms with Gasteiger partial charge in [0.1, 0.15) is 6.61 Å². The van der Waals surface area contributed by atoms with Crippen molar-refractivity contribution in [3.63, 3.8) is 0 Å². The van der Waals surface area contributed by atoms with E-state index in [1.165, 1.54) is 199 Å². The number of carbonyl (C=O) groups is 2. The zero-order valence-electron chi connectivity index (χ0n) is 39.3. The van der Waals surface area contributed by atoms with Crippen LogP contribution in [0.25, 0.3) is 0 Å². The van der Waals surface area contributed by atoms with Gasteiger partial charge < -0.3 is 14.2 Å². The molecule has 1 unspecified atom stereocenters. The van der Waals surface area contributed by atoms with Crippen LogP contribution in [0.15, 0.2) is 24.3 Å². The Morgan fingerprint density at radius 1 is 0.379 bits per heavy atom. The second-order valence-electron chi connectivity index (χ2n) is 17.4. The molecule has 0 aliphatic heterocycles. The van der Waals surface area contributed by atoms with Crippen LogP contribution >= 0.6 is 0 Å². The molecule has 0 N–H and O–H groups in total. The Labute approximate surface area is 362 Å². The van der Waals surface area contributed by atoms with Gasteiger partial charge in [0, 0.05) is 19.4 Å². The molecular weight excluding hydrogens is 717 g/mol. The summed E-state index contributed by atoms with van der Waals surface area (Å²) in [5.74, 6) is -0.384. The Morgan fingerprint density at radius 2 is 0.724 bits per heavy atom. The van der Waals surface area contributed by atoms with E-state index >= 15 is 0 Å². The van der Waals surface area contributed by atoms with E-state index in [2.05, 4.69) is 45.1 Å². The van der Waals surface area contributed by atoms with E-state index in [1.54, 1.807) is 0 Å². The fourth-order valence-electron chi connectivity index (χ4n) is 7.60. The van der Waals surface area contributed by atoms with Gasteiger partial charge in [0.2, 0.25) is 0 Å². The minimum Gasteiger partial charge on any atom is -0.462 e. The van der Waals surface area contributed by atoms with Crippen LogP contribution in [0.3, 0.4) is 0 Å². The molecule has 342 valence electrons. The normalized spacial score (nSPS) is 12.3. The van der Waals surface area contributed by atoms with Gasteiger partial charge in [0.15, 0.2) is 6.10 Å². The lowest BCUT2D eigenvalue weighted by Gasteiger charge is -2.18. The molecule has 0 radical (unpaired) electrons. The molecule has 0 rings (SSSR count). The van der Waals surface area contributed by atoms with Gasteiger partial charge in [-0.25, -0.2) is 0 Å². The first-order valence-corrected chi connectivity index (χ1v) is 25.9. The molecule has 0 spiro atoms. The van der Waals surface area contributed by atoms with Crippen molar-refractivity contribution in [1.29, 1.82) is 0 Å². The highest BCUT2D eigenvalue weighted by Gasteiger charge is 2.17. The summed E-state index contributed by atoms with van der Waals surface area (Å²) in [6, 6.07) is 0. The first-order chi connectivity index (χ1) is 28.6. The smallest absolute Gasteiger partial charge is 0.306 e. The van der Waals surface area contributed by atoms with E-state index in [0.29, 0.717) is 26.1 Å². The number of ether oxygens (including phenoxy) is 3. The summed E-state index contributed by atoms with van der Waals surface area (Å²) in [7, 11) is 0. The molecule has 0 heterocycles. The molecule has 5 heteroatoms. The molecule has 0 aromatic carbocycles. The lowest BCUT2D eigenvalue weighted by Crippen LogP contribution is -2.30. The quantitative estimate of drug-likeness (QED) is 0.0348. The van der Waals surface area contributed by atoms with Gasteiger partial charge in [-0.15, -0.1) is 0 Å². The lowest BCUT2D eigenvalue weighted by molar-refractivity contribution is -0.163. The van der Waals surface area contributed by atoms with Gasteiger partial charge in [-0.3, -0.25) is 9.59 Å². The van der Waals surface area contributed by atoms with Gasteiger partial charge in [-0.05, 0) is 51.4 Å². The molecule has 1 atom stereocenters. The maximum Gasteiger partial charge on any atom is 0.306 e. The third-order valence-corrected chi connectivity index (χ3v) is 11.5. The first-order valence-electron chi connectivity index (χ1n) is 25.9. The molecule has 0 bridgehead atoms. The van der Waals surface area contributed by atoms with Gasteiger partial charge in [-0.2, -0.15) is 0 Å². The lowest BCUT2D eigenvalue weighted by atomic mass is 10.0. The Morgan fingerprint density at radius 3 is 1.17 bits per heavy atom. The zero-order valence-corrected chi connectivity index (χ0v) is 39.3. The van der Waals surface area contributed by atoms with Crippen LogP contribution in [0.1, 0.15) is 278 Å². The van der Waals surface area contributed by atoms with Crippen LogP contribution in [0.5, 0.6) is 0 Å². The summed E-state index contributed by atoms with van der Waals surface area (Å²) in [5, 5.41) is 0. The highest BCUT2D eigenvalue weighted by atomic mass is 16.6. The Kier molecular flexibility index (Phi) is 48.4. The molecule has 58 heavy (non-hydrogen) atoms. The molecule has 0 aliphatic carbocycles. The van der Waals surface area contributed by atoms with Gasteiger partial charge in [0.25, 0.3) is 0 Å². The van der Waals surface area contributed by atoms with E-state index in [1.807, 2.05) is 0 Å². The monoisotopic (exact) mass is 817 g/mol. The van der Waals surface area contributed by atoms with Crippen LogP contribution in [0.4, 0.5) is 0 Å². The van der Waals surface area contributed by atoms with Crippen LogP contribution < -0.4 is 0 Å². The average Bonchev–Trinajstić information content (AvgIpc) is 3.22. The van der Waals surface area contributed by atoms with Crippen molar-refractivity contribution in [2.24, 2.45) is 0 Å². The molecule has 0 fully saturated rings. The highest BCUT2D eigenvalue weighted by molar-refractivity contribution is 5.70. The van der Waals surface area contributed by atoms with Gasteiger partial charge >= 0.3 is 11.9 Å². The number of hydrogen-bond acceptors (Lipinski definition) is 5. The third-order valence-electron chi connectivity index (χ3n) is 11.5. The van der Waals surface area contributed by atoms with E-state index in [-0.39, 0.29) is 18.5 Å². The molecule has 0 amide bonds. The van der Waals surface area contributed by atoms with Crippen molar-refractivity contribution in [3.8, 4) is 0 Å². The van der Waals surface area contributed by atoms with Crippen molar-refractivity contribution in [2.75, 3.05) is 19.8 Å². The third kappa shape index (κ3) is 47.1. The van der Waals surface area contributed by atoms with Gasteiger partial charge in [-0.1, -0.05) is 238 Å². The second kappa shape index (κ2) is 49.7. The van der Waals surface area contributed by atoms with Crippen molar-refractivity contribution in [2.45, 2.75) is 284 Å². The zero-order chi connectivity index (χ0) is 42.1. The largest absolute Gasteiger partial charge is 0.462 e. The molecule has 0 saturated heterocycles. The fraction of sp³-hybridized carbons (Fsp3) is 0.887. The van der Waals surface area contributed by atoms with Crippen LogP contribution in [0.2, 0.25) is 0 Å². The van der Waals surface area contributed by atoms with E-state index in [9.17, 15) is 9.59 Å². The molecule has 0 saturated carbocycles. The highest BCUT2D eigenvalue weighted by Crippen LogP contribution is 2.16. The van der Waals surface area contributed by atoms with Crippen LogP contribution in [-0.4, -0.2) is 37.9 Å². The Hall–Kier alpha value is -1.62. The standard InChI is InChI=1S/C53H100O5/c1-4-7-10-13-16-19-22-24-25-26-27-28-30-33-36-39-42-45-48-56-49-51(58-53(55)47-44-41-38-35-31-21-18-15-12-9-6-3)50-57-52(54)46-43-40-37-34-32-29-23-20-17-14-11-8-5-2/h16,19,24-25,51H,4-15,17-18,20-23,26-50H2,1-3H3/b19-16-,25-24-. The van der Waals surface area contributed by atoms with Crippen molar-refractivity contribution in [1.82, 2.24) is 0 Å². The molecule has 0 aromatic heterocycles. The minimum absolute atomic E-state index is 0.0905. The molecule has 0 aliphatic rings. The Balaban J connectivity index is 4.19. The van der Waals surface area contributed by atoms with E-state index < -0.39 is 6.10 Å². The first kappa shape index (κ1) is 56.4. The van der Waals surface area contributed by atoms with Crippen LogP contribution in [-0.2, 0) is 23.8 Å². The predicted octanol–water partition coefficient (Wildman–Crippen LogP) is 17.2. The number of unbranched alkanes of at least 4 members (excludes halogenated alkanes) is 33. The fourth-order valence-corrected chi connectivity index (χ4v) is 7.60. The molecule has 5 nitrogen and oxygen atoms in total. The summed E-state index contributed by atoms with van der Waals surface area (Å²) in [5.41, 5.74) is 0. The SMILES string of the molecule is CCCCC/C=C\C/C=C\CCCCCCCCCCOCC(COC(=O)CCCCCCCCCCCCCCC)OC(=O)CCCCCCCCCCCCC. The number of allylic oxidation sites excluding steroid dienone is 4. The number of hydrogen-bond donors (Lipinski definition) is 0.